The van der Waals surface area contributed by atoms with Crippen molar-refractivity contribution in [2.75, 3.05) is 17.5 Å². The smallest absolute Gasteiger partial charge is 0.416 e. The molecule has 0 saturated heterocycles. The van der Waals surface area contributed by atoms with Gasteiger partial charge < -0.3 is 10.2 Å². The zero-order valence-corrected chi connectivity index (χ0v) is 17.6. The number of nitrogens with one attached hydrogen (secondary N) is 1. The highest BCUT2D eigenvalue weighted by Crippen LogP contribution is 2.40. The van der Waals surface area contributed by atoms with Crippen molar-refractivity contribution in [2.24, 2.45) is 4.36 Å². The SMILES string of the molecule is CN=S(=O)(Nc1cc(SCC(=O)O)c(O)c2ccccc12)c1ccc(C(F)(F)F)cc1. The number of carbonyl (C=O) groups is 1. The minimum atomic E-state index is -4.53. The number of thioether (sulfide) groups is 1. The van der Waals surface area contributed by atoms with Gasteiger partial charge in [-0.2, -0.15) is 13.2 Å². The number of halogens is 3. The molecule has 0 aliphatic heterocycles. The Balaban J connectivity index is 2.09. The molecule has 0 spiro atoms. The predicted octanol–water partition coefficient (Wildman–Crippen LogP) is 5.22. The van der Waals surface area contributed by atoms with Gasteiger partial charge in [0.25, 0.3) is 0 Å². The van der Waals surface area contributed by atoms with Gasteiger partial charge in [0.2, 0.25) is 0 Å². The Bertz CT molecular complexity index is 1250. The number of fused-ring (bicyclic) bond motifs is 1. The van der Waals surface area contributed by atoms with Gasteiger partial charge in [-0.25, -0.2) is 8.57 Å². The van der Waals surface area contributed by atoms with Crippen LogP contribution in [-0.4, -0.2) is 33.2 Å². The lowest BCUT2D eigenvalue weighted by molar-refractivity contribution is -0.137. The third-order valence-corrected chi connectivity index (χ3v) is 7.27. The van der Waals surface area contributed by atoms with E-state index in [0.717, 1.165) is 36.0 Å². The number of anilines is 1. The monoisotopic (exact) mass is 470 g/mol. The Labute approximate surface area is 180 Å². The van der Waals surface area contributed by atoms with Crippen molar-refractivity contribution >= 4 is 44.1 Å². The van der Waals surface area contributed by atoms with Crippen LogP contribution in [0.2, 0.25) is 0 Å². The van der Waals surface area contributed by atoms with Crippen molar-refractivity contribution in [1.29, 1.82) is 0 Å². The molecule has 3 aromatic rings. The van der Waals surface area contributed by atoms with Crippen LogP contribution in [0.4, 0.5) is 18.9 Å². The lowest BCUT2D eigenvalue weighted by Gasteiger charge is -2.17. The van der Waals surface area contributed by atoms with Crippen LogP contribution in [0, 0.1) is 0 Å². The molecule has 3 aromatic carbocycles. The average Bonchev–Trinajstić information content (AvgIpc) is 2.74. The van der Waals surface area contributed by atoms with E-state index in [-0.39, 0.29) is 27.0 Å². The van der Waals surface area contributed by atoms with Crippen LogP contribution in [-0.2, 0) is 20.9 Å². The van der Waals surface area contributed by atoms with Gasteiger partial charge in [0.1, 0.15) is 5.75 Å². The standard InChI is InChI=1S/C20H17F3N2O4S2/c1-24-31(29,13-8-6-12(7-9-13)20(21,22)23)25-16-10-17(30-11-18(26)27)19(28)15-5-3-2-4-14(15)16/h2-10,28H,11H2,1H3,(H,26,27)(H,24,25,29). The highest BCUT2D eigenvalue weighted by molar-refractivity contribution is 8.00. The summed E-state index contributed by atoms with van der Waals surface area (Å²) in [6.45, 7) is 0. The van der Waals surface area contributed by atoms with Gasteiger partial charge in [-0.3, -0.25) is 9.52 Å². The summed E-state index contributed by atoms with van der Waals surface area (Å²) in [5.41, 5.74) is -0.590. The van der Waals surface area contributed by atoms with Crippen molar-refractivity contribution in [3.8, 4) is 5.75 Å². The first-order valence-electron chi connectivity index (χ1n) is 8.75. The van der Waals surface area contributed by atoms with Crippen LogP contribution in [0.5, 0.6) is 5.75 Å². The number of aromatic hydroxyl groups is 1. The summed E-state index contributed by atoms with van der Waals surface area (Å²) in [4.78, 5) is 11.2. The fraction of sp³-hybridized carbons (Fsp3) is 0.150. The second-order valence-electron chi connectivity index (χ2n) is 6.33. The highest BCUT2D eigenvalue weighted by Gasteiger charge is 2.30. The number of nitrogens with zero attached hydrogens (tertiary/aromatic N) is 1. The van der Waals surface area contributed by atoms with Gasteiger partial charge in [0, 0.05) is 17.8 Å². The third-order valence-electron chi connectivity index (χ3n) is 4.34. The van der Waals surface area contributed by atoms with Crippen molar-refractivity contribution in [3.05, 3.63) is 60.2 Å². The second kappa shape index (κ2) is 8.67. The Morgan fingerprint density at radius 3 is 2.29 bits per heavy atom. The molecule has 0 amide bonds. The van der Waals surface area contributed by atoms with E-state index in [1.807, 2.05) is 0 Å². The van der Waals surface area contributed by atoms with Crippen LogP contribution in [0.1, 0.15) is 5.56 Å². The molecule has 6 nitrogen and oxygen atoms in total. The number of phenols is 1. The van der Waals surface area contributed by atoms with Gasteiger partial charge in [-0.05, 0) is 30.3 Å². The van der Waals surface area contributed by atoms with Gasteiger partial charge in [-0.15, -0.1) is 11.8 Å². The summed E-state index contributed by atoms with van der Waals surface area (Å²) in [6, 6.07) is 11.9. The molecule has 0 fully saturated rings. The summed E-state index contributed by atoms with van der Waals surface area (Å²) >= 11 is 0.880. The summed E-state index contributed by atoms with van der Waals surface area (Å²) in [5, 5.41) is 20.3. The van der Waals surface area contributed by atoms with Crippen molar-refractivity contribution in [1.82, 2.24) is 0 Å². The van der Waals surface area contributed by atoms with Crippen molar-refractivity contribution in [3.63, 3.8) is 0 Å². The normalized spacial score (nSPS) is 13.5. The molecule has 0 aromatic heterocycles. The maximum atomic E-state index is 13.5. The van der Waals surface area contributed by atoms with Crippen molar-refractivity contribution < 1.29 is 32.4 Å². The summed E-state index contributed by atoms with van der Waals surface area (Å²) < 4.78 is 58.7. The fourth-order valence-corrected chi connectivity index (χ4v) is 4.97. The Morgan fingerprint density at radius 1 is 1.13 bits per heavy atom. The lowest BCUT2D eigenvalue weighted by Crippen LogP contribution is -2.14. The van der Waals surface area contributed by atoms with Crippen LogP contribution < -0.4 is 4.72 Å². The quantitative estimate of drug-likeness (QED) is 0.339. The number of hydrogen-bond acceptors (Lipinski definition) is 5. The number of carboxylic acid groups (broad SMARTS) is 1. The molecule has 1 atom stereocenters. The zero-order chi connectivity index (χ0) is 22.8. The Morgan fingerprint density at radius 2 is 1.74 bits per heavy atom. The maximum Gasteiger partial charge on any atom is 0.416 e. The molecule has 0 heterocycles. The summed E-state index contributed by atoms with van der Waals surface area (Å²) in [5.74, 6) is -1.51. The van der Waals surface area contributed by atoms with Crippen LogP contribution >= 0.6 is 11.8 Å². The Kier molecular flexibility index (Phi) is 6.37. The first-order valence-corrected chi connectivity index (χ1v) is 11.2. The van der Waals surface area contributed by atoms with E-state index in [1.165, 1.54) is 13.1 Å². The summed E-state index contributed by atoms with van der Waals surface area (Å²) in [6.07, 6.45) is -4.53. The minimum absolute atomic E-state index is 0.0416. The number of alkyl halides is 3. The van der Waals surface area contributed by atoms with Gasteiger partial charge >= 0.3 is 12.1 Å². The molecule has 31 heavy (non-hydrogen) atoms. The number of aliphatic carboxylic acids is 1. The van der Waals surface area contributed by atoms with Crippen molar-refractivity contribution in [2.45, 2.75) is 16.0 Å². The number of hydrogen-bond donors (Lipinski definition) is 3. The molecular weight excluding hydrogens is 453 g/mol. The van der Waals surface area contributed by atoms with E-state index in [4.69, 9.17) is 5.11 Å². The molecule has 0 saturated carbocycles. The average molecular weight is 470 g/mol. The van der Waals surface area contributed by atoms with Gasteiger partial charge in [-0.1, -0.05) is 24.3 Å². The third kappa shape index (κ3) is 4.88. The van der Waals surface area contributed by atoms with Crippen LogP contribution in [0.25, 0.3) is 10.8 Å². The van der Waals surface area contributed by atoms with Crippen LogP contribution in [0.3, 0.4) is 0 Å². The van der Waals surface area contributed by atoms with E-state index < -0.39 is 27.6 Å². The topological polar surface area (TPSA) is 99.0 Å². The molecule has 0 bridgehead atoms. The van der Waals surface area contributed by atoms with E-state index in [2.05, 4.69) is 9.08 Å². The maximum absolute atomic E-state index is 13.5. The number of benzene rings is 3. The molecule has 0 radical (unpaired) electrons. The molecule has 3 N–H and O–H groups in total. The lowest BCUT2D eigenvalue weighted by atomic mass is 10.1. The first-order chi connectivity index (χ1) is 14.5. The predicted molar refractivity (Wildman–Crippen MR) is 114 cm³/mol. The van der Waals surface area contributed by atoms with E-state index in [0.29, 0.717) is 10.8 Å². The van der Waals surface area contributed by atoms with Gasteiger partial charge in [0.15, 0.2) is 9.92 Å². The second-order valence-corrected chi connectivity index (χ2v) is 9.44. The highest BCUT2D eigenvalue weighted by atomic mass is 32.2. The molecule has 3 rings (SSSR count). The molecule has 0 aliphatic rings. The van der Waals surface area contributed by atoms with Gasteiger partial charge in [0.05, 0.1) is 26.8 Å². The van der Waals surface area contributed by atoms with E-state index in [1.54, 1.807) is 24.3 Å². The number of rotatable bonds is 6. The van der Waals surface area contributed by atoms with Crippen LogP contribution in [0.15, 0.2) is 68.8 Å². The Hall–Kier alpha value is -2.92. The molecule has 0 aliphatic carbocycles. The molecule has 11 heteroatoms. The molecule has 164 valence electrons. The number of carboxylic acids is 1. The first kappa shape index (κ1) is 22.8. The van der Waals surface area contributed by atoms with E-state index >= 15 is 0 Å². The number of phenolic OH excluding ortho intramolecular Hbond substituents is 1. The van der Waals surface area contributed by atoms with E-state index in [9.17, 15) is 27.3 Å². The molecule has 1 unspecified atom stereocenters. The molecular formula is C20H17F3N2O4S2. The minimum Gasteiger partial charge on any atom is -0.506 e. The summed E-state index contributed by atoms with van der Waals surface area (Å²) in [7, 11) is -2.10. The fourth-order valence-electron chi connectivity index (χ4n) is 2.86. The largest absolute Gasteiger partial charge is 0.506 e. The zero-order valence-electron chi connectivity index (χ0n) is 16.0.